The minimum atomic E-state index is -0.177. The van der Waals surface area contributed by atoms with E-state index < -0.39 is 0 Å². The van der Waals surface area contributed by atoms with E-state index >= 15 is 0 Å². The third-order valence-electron chi connectivity index (χ3n) is 6.18. The fraction of sp³-hybridized carbons (Fsp3) is 0.520. The first-order valence-electron chi connectivity index (χ1n) is 11.6. The number of rotatable bonds is 5. The average Bonchev–Trinajstić information content (AvgIpc) is 2.85. The number of hydrogen-bond acceptors (Lipinski definition) is 7. The quantitative estimate of drug-likeness (QED) is 0.719. The van der Waals surface area contributed by atoms with Crippen molar-refractivity contribution in [3.05, 3.63) is 48.0 Å². The van der Waals surface area contributed by atoms with E-state index in [4.69, 9.17) is 9.47 Å². The highest BCUT2D eigenvalue weighted by atomic mass is 16.5. The van der Waals surface area contributed by atoms with Crippen molar-refractivity contribution in [2.45, 2.75) is 45.9 Å². The summed E-state index contributed by atoms with van der Waals surface area (Å²) < 4.78 is 12.0. The van der Waals surface area contributed by atoms with Crippen LogP contribution in [0.15, 0.2) is 36.9 Å². The van der Waals surface area contributed by atoms with Gasteiger partial charge in [-0.3, -0.25) is 14.5 Å². The maximum absolute atomic E-state index is 13.4. The number of carbonyl (C=O) groups is 2. The molecule has 0 fully saturated rings. The lowest BCUT2D eigenvalue weighted by Crippen LogP contribution is -2.46. The first-order valence-corrected chi connectivity index (χ1v) is 11.6. The second kappa shape index (κ2) is 11.9. The molecule has 3 rings (SSSR count). The molecule has 0 saturated carbocycles. The molecule has 0 saturated heterocycles. The molecule has 0 spiro atoms. The van der Waals surface area contributed by atoms with E-state index in [1.54, 1.807) is 44.2 Å². The van der Waals surface area contributed by atoms with Gasteiger partial charge in [-0.15, -0.1) is 0 Å². The Morgan fingerprint density at radius 1 is 1.24 bits per heavy atom. The van der Waals surface area contributed by atoms with Crippen LogP contribution in [0.5, 0.6) is 5.75 Å². The van der Waals surface area contributed by atoms with Gasteiger partial charge in [0.2, 0.25) is 5.91 Å². The van der Waals surface area contributed by atoms with E-state index in [-0.39, 0.29) is 29.9 Å². The number of ether oxygens (including phenoxy) is 2. The number of amides is 2. The first kappa shape index (κ1) is 25.6. The van der Waals surface area contributed by atoms with E-state index in [1.807, 2.05) is 12.4 Å². The Bertz CT molecular complexity index is 971. The lowest BCUT2D eigenvalue weighted by Gasteiger charge is -2.36. The Kier molecular flexibility index (Phi) is 8.95. The number of nitrogens with one attached hydrogen (secondary N) is 1. The van der Waals surface area contributed by atoms with E-state index in [2.05, 4.69) is 34.0 Å². The van der Waals surface area contributed by atoms with Crippen molar-refractivity contribution in [1.82, 2.24) is 19.8 Å². The molecule has 34 heavy (non-hydrogen) atoms. The van der Waals surface area contributed by atoms with Crippen molar-refractivity contribution in [3.8, 4) is 5.75 Å². The summed E-state index contributed by atoms with van der Waals surface area (Å²) in [5.74, 6) is 0.353. The molecule has 0 unspecified atom stereocenters. The van der Waals surface area contributed by atoms with Gasteiger partial charge in [-0.2, -0.15) is 0 Å². The number of nitrogens with zero attached hydrogens (tertiary/aromatic N) is 4. The molecule has 0 aliphatic carbocycles. The number of carbonyl (C=O) groups excluding carboxylic acids is 2. The van der Waals surface area contributed by atoms with Crippen molar-refractivity contribution in [1.29, 1.82) is 0 Å². The SMILES string of the molecule is CCC(=O)Nc1ccc2c(c1)C(=O)N(C)C[C@H](OC)[C@@H](C)CN(Cc1cncnc1)[C@H](C)CO2. The largest absolute Gasteiger partial charge is 0.491 e. The van der Waals surface area contributed by atoms with Gasteiger partial charge in [0.05, 0.1) is 11.7 Å². The van der Waals surface area contributed by atoms with Gasteiger partial charge in [0.25, 0.3) is 5.91 Å². The molecule has 184 valence electrons. The molecule has 1 aromatic heterocycles. The van der Waals surface area contributed by atoms with Crippen molar-refractivity contribution in [2.24, 2.45) is 5.92 Å². The van der Waals surface area contributed by atoms with Crippen LogP contribution >= 0.6 is 0 Å². The second-order valence-corrected chi connectivity index (χ2v) is 8.89. The molecule has 1 aliphatic rings. The number of fused-ring (bicyclic) bond motifs is 1. The van der Waals surface area contributed by atoms with Gasteiger partial charge >= 0.3 is 0 Å². The highest BCUT2D eigenvalue weighted by molar-refractivity contribution is 5.99. The van der Waals surface area contributed by atoms with Gasteiger partial charge in [-0.25, -0.2) is 9.97 Å². The molecule has 1 N–H and O–H groups in total. The van der Waals surface area contributed by atoms with Gasteiger partial charge in [-0.05, 0) is 31.0 Å². The first-order chi connectivity index (χ1) is 16.3. The van der Waals surface area contributed by atoms with Crippen LogP contribution < -0.4 is 10.1 Å². The number of hydrogen-bond donors (Lipinski definition) is 1. The summed E-state index contributed by atoms with van der Waals surface area (Å²) in [6.07, 6.45) is 5.37. The van der Waals surface area contributed by atoms with Gasteiger partial charge in [0.15, 0.2) is 0 Å². The van der Waals surface area contributed by atoms with Crippen LogP contribution in [0, 0.1) is 5.92 Å². The van der Waals surface area contributed by atoms with Gasteiger partial charge in [-0.1, -0.05) is 13.8 Å². The molecule has 1 aliphatic heterocycles. The number of methoxy groups -OCH3 is 1. The number of likely N-dealkylation sites (N-methyl/N-ethyl adjacent to an activating group) is 1. The molecule has 3 atom stereocenters. The van der Waals surface area contributed by atoms with Crippen molar-refractivity contribution in [3.63, 3.8) is 0 Å². The molecule has 2 heterocycles. The summed E-state index contributed by atoms with van der Waals surface area (Å²) in [5.41, 5.74) is 2.00. The summed E-state index contributed by atoms with van der Waals surface area (Å²) in [5, 5.41) is 2.82. The van der Waals surface area contributed by atoms with Crippen LogP contribution in [-0.4, -0.2) is 77.6 Å². The third kappa shape index (κ3) is 6.51. The van der Waals surface area contributed by atoms with E-state index in [0.717, 1.165) is 12.1 Å². The molecule has 0 bridgehead atoms. The van der Waals surface area contributed by atoms with Crippen LogP contribution in [0.2, 0.25) is 0 Å². The Morgan fingerprint density at radius 2 is 1.97 bits per heavy atom. The Hall–Kier alpha value is -3.04. The number of benzene rings is 1. The summed E-state index contributed by atoms with van der Waals surface area (Å²) in [6.45, 7) is 8.28. The number of anilines is 1. The van der Waals surface area contributed by atoms with Gasteiger partial charge < -0.3 is 19.7 Å². The van der Waals surface area contributed by atoms with Gasteiger partial charge in [0.1, 0.15) is 18.7 Å². The fourth-order valence-electron chi connectivity index (χ4n) is 4.05. The summed E-state index contributed by atoms with van der Waals surface area (Å²) in [6, 6.07) is 5.24. The lowest BCUT2D eigenvalue weighted by molar-refractivity contribution is -0.115. The van der Waals surface area contributed by atoms with Crippen LogP contribution in [0.3, 0.4) is 0 Å². The van der Waals surface area contributed by atoms with Crippen LogP contribution in [-0.2, 0) is 16.1 Å². The normalized spacial score (nSPS) is 22.2. The smallest absolute Gasteiger partial charge is 0.257 e. The predicted molar refractivity (Wildman–Crippen MR) is 130 cm³/mol. The molecule has 0 radical (unpaired) electrons. The summed E-state index contributed by atoms with van der Waals surface area (Å²) >= 11 is 0. The standard InChI is InChI=1S/C25H35N5O4/c1-6-24(31)28-20-7-8-22-21(9-20)25(32)29(4)14-23(33-5)17(2)12-30(18(3)15-34-22)13-19-10-26-16-27-11-19/h7-11,16-18,23H,6,12-15H2,1-5H3,(H,28,31)/t17-,18+,23-/m0/s1. The fourth-order valence-corrected chi connectivity index (χ4v) is 4.05. The minimum absolute atomic E-state index is 0.0553. The van der Waals surface area contributed by atoms with Crippen LogP contribution in [0.4, 0.5) is 5.69 Å². The van der Waals surface area contributed by atoms with Crippen LogP contribution in [0.25, 0.3) is 0 Å². The monoisotopic (exact) mass is 469 g/mol. The molecular formula is C25H35N5O4. The zero-order valence-electron chi connectivity index (χ0n) is 20.7. The van der Waals surface area contributed by atoms with E-state index in [1.165, 1.54) is 6.33 Å². The van der Waals surface area contributed by atoms with E-state index in [0.29, 0.717) is 43.1 Å². The Balaban J connectivity index is 1.93. The Morgan fingerprint density at radius 3 is 2.65 bits per heavy atom. The Labute approximate surface area is 201 Å². The van der Waals surface area contributed by atoms with Gasteiger partial charge in [0, 0.05) is 69.9 Å². The molecule has 2 aromatic rings. The molecule has 9 heteroatoms. The number of aromatic nitrogens is 2. The van der Waals surface area contributed by atoms with E-state index in [9.17, 15) is 9.59 Å². The van der Waals surface area contributed by atoms with Crippen molar-refractivity contribution < 1.29 is 19.1 Å². The highest BCUT2D eigenvalue weighted by Gasteiger charge is 2.28. The molecule has 1 aromatic carbocycles. The molecule has 2 amide bonds. The summed E-state index contributed by atoms with van der Waals surface area (Å²) in [7, 11) is 3.44. The zero-order valence-corrected chi connectivity index (χ0v) is 20.7. The third-order valence-corrected chi connectivity index (χ3v) is 6.18. The topological polar surface area (TPSA) is 96.9 Å². The van der Waals surface area contributed by atoms with Crippen molar-refractivity contribution in [2.75, 3.05) is 39.2 Å². The lowest BCUT2D eigenvalue weighted by atomic mass is 10.0. The maximum Gasteiger partial charge on any atom is 0.257 e. The minimum Gasteiger partial charge on any atom is -0.491 e. The van der Waals surface area contributed by atoms with Crippen molar-refractivity contribution >= 4 is 17.5 Å². The highest BCUT2D eigenvalue weighted by Crippen LogP contribution is 2.27. The maximum atomic E-state index is 13.4. The second-order valence-electron chi connectivity index (χ2n) is 8.89. The summed E-state index contributed by atoms with van der Waals surface area (Å²) in [4.78, 5) is 37.5. The molecular weight excluding hydrogens is 434 g/mol. The zero-order chi connectivity index (χ0) is 24.7. The van der Waals surface area contributed by atoms with Crippen LogP contribution in [0.1, 0.15) is 43.1 Å². The molecule has 9 nitrogen and oxygen atoms in total. The average molecular weight is 470 g/mol. The predicted octanol–water partition coefficient (Wildman–Crippen LogP) is 2.83.